The number of carbonyl (C=O) groups excluding carboxylic acids is 1. The smallest absolute Gasteiger partial charge is 0.234 e. The molecule has 0 aromatic rings. The third-order valence-corrected chi connectivity index (χ3v) is 4.95. The molecule has 0 aliphatic carbocycles. The number of nitrogens with one attached hydrogen (secondary N) is 2. The molecule has 0 radical (unpaired) electrons. The van der Waals surface area contributed by atoms with Gasteiger partial charge in [0, 0.05) is 26.2 Å². The van der Waals surface area contributed by atoms with Crippen molar-refractivity contribution in [1.82, 2.24) is 19.8 Å². The summed E-state index contributed by atoms with van der Waals surface area (Å²) in [6.45, 7) is 2.98. The van der Waals surface area contributed by atoms with Crippen LogP contribution in [0.5, 0.6) is 0 Å². The van der Waals surface area contributed by atoms with Gasteiger partial charge in [-0.3, -0.25) is 9.69 Å². The van der Waals surface area contributed by atoms with Crippen LogP contribution in [0.25, 0.3) is 0 Å². The van der Waals surface area contributed by atoms with E-state index in [2.05, 4.69) is 15.5 Å². The summed E-state index contributed by atoms with van der Waals surface area (Å²) in [7, 11) is 0.283. The molecule has 1 saturated heterocycles. The van der Waals surface area contributed by atoms with E-state index in [1.54, 1.807) is 0 Å². The molecule has 0 aromatic carbocycles. The number of rotatable bonds is 7. The number of nitrogens with zero attached hydrogens (tertiary/aromatic N) is 2. The number of hydrogen-bond donors (Lipinski definition) is 2. The van der Waals surface area contributed by atoms with E-state index in [-0.39, 0.29) is 5.91 Å². The van der Waals surface area contributed by atoms with E-state index >= 15 is 0 Å². The average molecular weight is 306 g/mol. The molecule has 1 heterocycles. The van der Waals surface area contributed by atoms with Gasteiger partial charge in [0.2, 0.25) is 15.9 Å². The lowest BCUT2D eigenvalue weighted by Gasteiger charge is -2.31. The highest BCUT2D eigenvalue weighted by Gasteiger charge is 2.19. The molecule has 1 rings (SSSR count). The Labute approximate surface area is 121 Å². The van der Waals surface area contributed by atoms with Crippen molar-refractivity contribution >= 4 is 15.9 Å². The molecule has 2 N–H and O–H groups in total. The highest BCUT2D eigenvalue weighted by molar-refractivity contribution is 7.88. The molecule has 8 heteroatoms. The number of likely N-dealkylation sites (N-methyl/N-ethyl adjacent to an activating group) is 2. The number of amides is 1. The zero-order valence-electron chi connectivity index (χ0n) is 12.6. The predicted octanol–water partition coefficient (Wildman–Crippen LogP) is -1.32. The van der Waals surface area contributed by atoms with Crippen LogP contribution in [0.15, 0.2) is 0 Å². The number of piperidine rings is 1. The molecule has 7 nitrogen and oxygen atoms in total. The first-order valence-corrected chi connectivity index (χ1v) is 8.74. The quantitative estimate of drug-likeness (QED) is 0.609. The first kappa shape index (κ1) is 17.4. The molecule has 1 aliphatic rings. The van der Waals surface area contributed by atoms with Gasteiger partial charge in [0.1, 0.15) is 0 Å². The monoisotopic (exact) mass is 306 g/mol. The molecule has 20 heavy (non-hydrogen) atoms. The zero-order valence-corrected chi connectivity index (χ0v) is 13.4. The van der Waals surface area contributed by atoms with Gasteiger partial charge in [0.05, 0.1) is 12.8 Å². The van der Waals surface area contributed by atoms with Crippen LogP contribution in [0.4, 0.5) is 0 Å². The van der Waals surface area contributed by atoms with Crippen molar-refractivity contribution in [2.75, 3.05) is 53.1 Å². The summed E-state index contributed by atoms with van der Waals surface area (Å²) in [5.74, 6) is -0.0621. The van der Waals surface area contributed by atoms with Crippen molar-refractivity contribution in [2.45, 2.75) is 18.9 Å². The van der Waals surface area contributed by atoms with Crippen molar-refractivity contribution in [3.63, 3.8) is 0 Å². The van der Waals surface area contributed by atoms with Gasteiger partial charge >= 0.3 is 0 Å². The van der Waals surface area contributed by atoms with Crippen molar-refractivity contribution in [2.24, 2.45) is 0 Å². The molecular weight excluding hydrogens is 280 g/mol. The fraction of sp³-hybridized carbons (Fsp3) is 0.917. The summed E-state index contributed by atoms with van der Waals surface area (Å²) in [6.07, 6.45) is 3.26. The highest BCUT2D eigenvalue weighted by Crippen LogP contribution is 2.08. The molecule has 0 unspecified atom stereocenters. The molecule has 1 amide bonds. The van der Waals surface area contributed by atoms with E-state index in [9.17, 15) is 13.2 Å². The molecule has 0 bridgehead atoms. The summed E-state index contributed by atoms with van der Waals surface area (Å²) in [6, 6.07) is 0.445. The minimum Gasteiger partial charge on any atom is -0.354 e. The summed E-state index contributed by atoms with van der Waals surface area (Å²) in [5, 5.41) is 6.05. The van der Waals surface area contributed by atoms with Crippen molar-refractivity contribution in [1.29, 1.82) is 0 Å². The molecule has 1 aliphatic heterocycles. The third kappa shape index (κ3) is 6.17. The van der Waals surface area contributed by atoms with Gasteiger partial charge in [-0.2, -0.15) is 0 Å². The maximum Gasteiger partial charge on any atom is 0.234 e. The van der Waals surface area contributed by atoms with Gasteiger partial charge in [-0.05, 0) is 33.0 Å². The first-order valence-electron chi connectivity index (χ1n) is 6.89. The van der Waals surface area contributed by atoms with Crippen molar-refractivity contribution in [3.05, 3.63) is 0 Å². The fourth-order valence-electron chi connectivity index (χ4n) is 2.18. The van der Waals surface area contributed by atoms with Crippen LogP contribution in [-0.2, 0) is 14.8 Å². The molecule has 0 saturated carbocycles. The van der Waals surface area contributed by atoms with Crippen molar-refractivity contribution < 1.29 is 13.2 Å². The van der Waals surface area contributed by atoms with Crippen LogP contribution in [0, 0.1) is 0 Å². The maximum atomic E-state index is 11.8. The molecule has 0 atom stereocenters. The lowest BCUT2D eigenvalue weighted by Crippen LogP contribution is -2.46. The Kier molecular flexibility index (Phi) is 6.87. The standard InChI is InChI=1S/C12H26N4O3S/c1-15(11-4-6-13-7-5-11)10-12(17)14-8-9-16(2)20(3,18)19/h11,13H,4-10H2,1-3H3,(H,14,17). The van der Waals surface area contributed by atoms with Gasteiger partial charge in [-0.1, -0.05) is 0 Å². The van der Waals surface area contributed by atoms with Crippen LogP contribution >= 0.6 is 0 Å². The fourth-order valence-corrected chi connectivity index (χ4v) is 2.60. The Morgan fingerprint density at radius 2 is 1.90 bits per heavy atom. The SMILES string of the molecule is CN(CC(=O)NCCN(C)S(C)(=O)=O)C1CCNCC1. The van der Waals surface area contributed by atoms with Gasteiger partial charge in [0.15, 0.2) is 0 Å². The van der Waals surface area contributed by atoms with E-state index in [1.807, 2.05) is 7.05 Å². The second kappa shape index (κ2) is 7.92. The second-order valence-corrected chi connectivity index (χ2v) is 7.42. The predicted molar refractivity (Wildman–Crippen MR) is 79.0 cm³/mol. The lowest BCUT2D eigenvalue weighted by atomic mass is 10.1. The maximum absolute atomic E-state index is 11.8. The third-order valence-electron chi connectivity index (χ3n) is 3.64. The molecule has 0 aromatic heterocycles. The van der Waals surface area contributed by atoms with Gasteiger partial charge in [0.25, 0.3) is 0 Å². The normalized spacial score (nSPS) is 17.6. The topological polar surface area (TPSA) is 81.8 Å². The Bertz CT molecular complexity index is 407. The first-order chi connectivity index (χ1) is 9.30. The Morgan fingerprint density at radius 1 is 1.30 bits per heavy atom. The van der Waals surface area contributed by atoms with Crippen LogP contribution in [-0.4, -0.2) is 82.6 Å². The highest BCUT2D eigenvalue weighted by atomic mass is 32.2. The summed E-state index contributed by atoms with van der Waals surface area (Å²) in [4.78, 5) is 13.9. The van der Waals surface area contributed by atoms with E-state index in [0.717, 1.165) is 32.2 Å². The Morgan fingerprint density at radius 3 is 2.45 bits per heavy atom. The van der Waals surface area contributed by atoms with Gasteiger partial charge < -0.3 is 10.6 Å². The van der Waals surface area contributed by atoms with Crippen LogP contribution in [0.1, 0.15) is 12.8 Å². The van der Waals surface area contributed by atoms with Crippen LogP contribution in [0.3, 0.4) is 0 Å². The number of carbonyl (C=O) groups is 1. The number of sulfonamides is 1. The van der Waals surface area contributed by atoms with Crippen LogP contribution in [0.2, 0.25) is 0 Å². The van der Waals surface area contributed by atoms with Gasteiger partial charge in [-0.15, -0.1) is 0 Å². The number of hydrogen-bond acceptors (Lipinski definition) is 5. The van der Waals surface area contributed by atoms with E-state index in [1.165, 1.54) is 11.4 Å². The van der Waals surface area contributed by atoms with E-state index < -0.39 is 10.0 Å². The van der Waals surface area contributed by atoms with Gasteiger partial charge in [-0.25, -0.2) is 12.7 Å². The minimum atomic E-state index is -3.18. The molecule has 118 valence electrons. The summed E-state index contributed by atoms with van der Waals surface area (Å²) >= 11 is 0. The summed E-state index contributed by atoms with van der Waals surface area (Å²) in [5.41, 5.74) is 0. The largest absolute Gasteiger partial charge is 0.354 e. The minimum absolute atomic E-state index is 0.0621. The molecule has 1 fully saturated rings. The second-order valence-electron chi connectivity index (χ2n) is 5.33. The average Bonchev–Trinajstić information content (AvgIpc) is 2.38. The van der Waals surface area contributed by atoms with Crippen LogP contribution < -0.4 is 10.6 Å². The Balaban J connectivity index is 2.22. The lowest BCUT2D eigenvalue weighted by molar-refractivity contribution is -0.122. The molecule has 0 spiro atoms. The molecular formula is C12H26N4O3S. The zero-order chi connectivity index (χ0) is 15.2. The summed E-state index contributed by atoms with van der Waals surface area (Å²) < 4.78 is 23.6. The van der Waals surface area contributed by atoms with Crippen molar-refractivity contribution in [3.8, 4) is 0 Å². The Hall–Kier alpha value is -0.700. The van der Waals surface area contributed by atoms with E-state index in [0.29, 0.717) is 25.7 Å². The van der Waals surface area contributed by atoms with E-state index in [4.69, 9.17) is 0 Å².